The van der Waals surface area contributed by atoms with E-state index in [1.807, 2.05) is 0 Å². The lowest BCUT2D eigenvalue weighted by Gasteiger charge is -2.05. The molecular weight excluding hydrogens is 200 g/mol. The van der Waals surface area contributed by atoms with E-state index in [4.69, 9.17) is 0 Å². The fourth-order valence-electron chi connectivity index (χ4n) is 1.07. The fraction of sp³-hybridized carbons (Fsp3) is 0.333. The maximum absolute atomic E-state index is 11.5. The molecule has 1 rings (SSSR count). The number of anilines is 1. The zero-order valence-corrected chi connectivity index (χ0v) is 9.06. The Kier molecular flexibility index (Phi) is 3.49. The quantitative estimate of drug-likeness (QED) is 0.787. The van der Waals surface area contributed by atoms with Gasteiger partial charge in [0.25, 0.3) is 0 Å². The smallest absolute Gasteiger partial charge is 0.240 e. The van der Waals surface area contributed by atoms with E-state index < -0.39 is 10.0 Å². The average Bonchev–Trinajstić information content (AvgIpc) is 2.18. The number of hydrogen-bond acceptors (Lipinski definition) is 3. The Balaban J connectivity index is 2.97. The van der Waals surface area contributed by atoms with Gasteiger partial charge in [-0.3, -0.25) is 0 Å². The maximum Gasteiger partial charge on any atom is 0.240 e. The van der Waals surface area contributed by atoms with E-state index in [0.717, 1.165) is 5.69 Å². The van der Waals surface area contributed by atoms with Crippen LogP contribution < -0.4 is 10.0 Å². The molecule has 1 aromatic rings. The molecule has 4 nitrogen and oxygen atoms in total. The monoisotopic (exact) mass is 214 g/mol. The average molecular weight is 214 g/mol. The second kappa shape index (κ2) is 4.43. The van der Waals surface area contributed by atoms with Gasteiger partial charge in [0.15, 0.2) is 0 Å². The first kappa shape index (κ1) is 11.0. The van der Waals surface area contributed by atoms with Gasteiger partial charge < -0.3 is 5.32 Å². The van der Waals surface area contributed by atoms with Crippen LogP contribution in [0, 0.1) is 0 Å². The minimum atomic E-state index is -3.31. The second-order valence-electron chi connectivity index (χ2n) is 2.78. The third kappa shape index (κ3) is 2.46. The molecule has 0 heterocycles. The number of rotatable bonds is 4. The Labute approximate surface area is 84.4 Å². The largest absolute Gasteiger partial charge is 0.388 e. The summed E-state index contributed by atoms with van der Waals surface area (Å²) in [6, 6.07) is 6.60. The van der Waals surface area contributed by atoms with Crippen molar-refractivity contribution in [3.05, 3.63) is 24.3 Å². The third-order valence-corrected chi connectivity index (χ3v) is 3.35. The molecule has 0 bridgehead atoms. The highest BCUT2D eigenvalue weighted by Gasteiger charge is 2.11. The summed E-state index contributed by atoms with van der Waals surface area (Å²) in [6.07, 6.45) is 0. The summed E-state index contributed by atoms with van der Waals surface area (Å²) in [6.45, 7) is 2.15. The van der Waals surface area contributed by atoms with Crippen molar-refractivity contribution in [1.82, 2.24) is 4.72 Å². The first-order chi connectivity index (χ1) is 6.60. The van der Waals surface area contributed by atoms with Gasteiger partial charge in [-0.15, -0.1) is 0 Å². The van der Waals surface area contributed by atoms with E-state index in [2.05, 4.69) is 10.0 Å². The third-order valence-electron chi connectivity index (χ3n) is 1.79. The summed E-state index contributed by atoms with van der Waals surface area (Å²) in [5.41, 5.74) is 0.889. The van der Waals surface area contributed by atoms with Crippen LogP contribution in [0.15, 0.2) is 29.2 Å². The van der Waals surface area contributed by atoms with Gasteiger partial charge in [0.2, 0.25) is 10.0 Å². The zero-order chi connectivity index (χ0) is 10.6. The van der Waals surface area contributed by atoms with Gasteiger partial charge >= 0.3 is 0 Å². The van der Waals surface area contributed by atoms with Crippen molar-refractivity contribution in [2.45, 2.75) is 11.8 Å². The van der Waals surface area contributed by atoms with Gasteiger partial charge in [0.05, 0.1) is 4.90 Å². The van der Waals surface area contributed by atoms with Crippen molar-refractivity contribution in [2.24, 2.45) is 0 Å². The van der Waals surface area contributed by atoms with E-state index in [0.29, 0.717) is 11.4 Å². The fourth-order valence-corrected chi connectivity index (χ4v) is 2.12. The minimum Gasteiger partial charge on any atom is -0.388 e. The molecule has 0 radical (unpaired) electrons. The van der Waals surface area contributed by atoms with Crippen molar-refractivity contribution in [1.29, 1.82) is 0 Å². The number of nitrogens with one attached hydrogen (secondary N) is 2. The summed E-state index contributed by atoms with van der Waals surface area (Å²) in [4.78, 5) is 0.290. The first-order valence-corrected chi connectivity index (χ1v) is 5.86. The van der Waals surface area contributed by atoms with Crippen molar-refractivity contribution in [3.63, 3.8) is 0 Å². The van der Waals surface area contributed by atoms with Crippen LogP contribution in [0.2, 0.25) is 0 Å². The van der Waals surface area contributed by atoms with Gasteiger partial charge in [-0.05, 0) is 24.3 Å². The van der Waals surface area contributed by atoms with Crippen molar-refractivity contribution in [3.8, 4) is 0 Å². The van der Waals surface area contributed by atoms with Crippen LogP contribution in [0.1, 0.15) is 6.92 Å². The normalized spacial score (nSPS) is 11.3. The molecule has 2 N–H and O–H groups in total. The molecule has 0 aromatic heterocycles. The lowest BCUT2D eigenvalue weighted by molar-refractivity contribution is 0.584. The summed E-state index contributed by atoms with van der Waals surface area (Å²) < 4.78 is 25.4. The summed E-state index contributed by atoms with van der Waals surface area (Å²) >= 11 is 0. The second-order valence-corrected chi connectivity index (χ2v) is 4.54. The van der Waals surface area contributed by atoms with Crippen LogP contribution in [-0.4, -0.2) is 22.0 Å². The summed E-state index contributed by atoms with van der Waals surface area (Å²) in [5, 5.41) is 2.92. The predicted octanol–water partition coefficient (Wildman–Crippen LogP) is 1.03. The molecule has 0 saturated carbocycles. The van der Waals surface area contributed by atoms with E-state index >= 15 is 0 Å². The number of benzene rings is 1. The molecule has 5 heteroatoms. The Morgan fingerprint density at radius 2 is 1.79 bits per heavy atom. The number of sulfonamides is 1. The molecule has 0 amide bonds. The molecule has 0 unspecified atom stereocenters. The van der Waals surface area contributed by atoms with Crippen LogP contribution in [0.25, 0.3) is 0 Å². The van der Waals surface area contributed by atoms with Gasteiger partial charge in [-0.1, -0.05) is 6.92 Å². The van der Waals surface area contributed by atoms with Gasteiger partial charge in [0, 0.05) is 19.3 Å². The van der Waals surface area contributed by atoms with E-state index in [-0.39, 0.29) is 0 Å². The van der Waals surface area contributed by atoms with Crippen LogP contribution in [0.3, 0.4) is 0 Å². The topological polar surface area (TPSA) is 58.2 Å². The Morgan fingerprint density at radius 3 is 2.21 bits per heavy atom. The standard InChI is InChI=1S/C9H14N2O2S/c1-3-11-14(12,13)9-6-4-8(10-2)5-7-9/h4-7,10-11H,3H2,1-2H3. The highest BCUT2D eigenvalue weighted by atomic mass is 32.2. The molecule has 1 aromatic carbocycles. The molecule has 14 heavy (non-hydrogen) atoms. The molecule has 0 spiro atoms. The Morgan fingerprint density at radius 1 is 1.21 bits per heavy atom. The molecule has 0 aliphatic carbocycles. The Bertz CT molecular complexity index is 384. The van der Waals surface area contributed by atoms with Crippen LogP contribution in [0.4, 0.5) is 5.69 Å². The summed E-state index contributed by atoms with van der Waals surface area (Å²) in [7, 11) is -1.53. The van der Waals surface area contributed by atoms with Gasteiger partial charge in [-0.25, -0.2) is 13.1 Å². The molecule has 0 aliphatic rings. The molecular formula is C9H14N2O2S. The molecule has 0 aliphatic heterocycles. The van der Waals surface area contributed by atoms with Gasteiger partial charge in [0.1, 0.15) is 0 Å². The molecule has 0 saturated heterocycles. The van der Waals surface area contributed by atoms with Gasteiger partial charge in [-0.2, -0.15) is 0 Å². The number of hydrogen-bond donors (Lipinski definition) is 2. The highest BCUT2D eigenvalue weighted by molar-refractivity contribution is 7.89. The van der Waals surface area contributed by atoms with E-state index in [1.165, 1.54) is 0 Å². The molecule has 0 atom stereocenters. The van der Waals surface area contributed by atoms with Crippen LogP contribution in [0.5, 0.6) is 0 Å². The zero-order valence-electron chi connectivity index (χ0n) is 8.24. The van der Waals surface area contributed by atoms with E-state index in [1.54, 1.807) is 38.2 Å². The highest BCUT2D eigenvalue weighted by Crippen LogP contribution is 2.12. The Hall–Kier alpha value is -1.07. The molecule has 78 valence electrons. The SMILES string of the molecule is CCNS(=O)(=O)c1ccc(NC)cc1. The van der Waals surface area contributed by atoms with Crippen molar-refractivity contribution >= 4 is 15.7 Å². The summed E-state index contributed by atoms with van der Waals surface area (Å²) in [5.74, 6) is 0. The minimum absolute atomic E-state index is 0.290. The van der Waals surface area contributed by atoms with Crippen molar-refractivity contribution in [2.75, 3.05) is 18.9 Å². The van der Waals surface area contributed by atoms with Crippen LogP contribution in [-0.2, 0) is 10.0 Å². The maximum atomic E-state index is 11.5. The molecule has 0 fully saturated rings. The lowest BCUT2D eigenvalue weighted by atomic mass is 10.3. The van der Waals surface area contributed by atoms with Crippen molar-refractivity contribution < 1.29 is 8.42 Å². The first-order valence-electron chi connectivity index (χ1n) is 4.37. The lowest BCUT2D eigenvalue weighted by Crippen LogP contribution is -2.22. The van der Waals surface area contributed by atoms with Crippen LogP contribution >= 0.6 is 0 Å². The predicted molar refractivity (Wildman–Crippen MR) is 56.9 cm³/mol. The van der Waals surface area contributed by atoms with E-state index in [9.17, 15) is 8.42 Å².